The number of likely N-dealkylation sites (tertiary alicyclic amines) is 1. The van der Waals surface area contributed by atoms with E-state index in [1.54, 1.807) is 18.0 Å². The molecule has 1 N–H and O–H groups in total. The summed E-state index contributed by atoms with van der Waals surface area (Å²) in [7, 11) is 1.73. The van der Waals surface area contributed by atoms with Crippen molar-refractivity contribution in [2.75, 3.05) is 20.1 Å². The first kappa shape index (κ1) is 24.5. The van der Waals surface area contributed by atoms with E-state index in [9.17, 15) is 20.0 Å². The van der Waals surface area contributed by atoms with E-state index >= 15 is 0 Å². The fourth-order valence-corrected chi connectivity index (χ4v) is 8.32. The molecule has 1 saturated heterocycles. The molecular weight excluding hydrogens is 494 g/mol. The SMILES string of the molecule is Cc1cccc(C#CC(=O)N(C)[C@H]2CC[C@@]3([N+](=O)[O-])[C@H]4Cc5ccc(O)c6c5[C@@]3(CCN4CC3CC3)[C@H]2O6)c1. The van der Waals surface area contributed by atoms with Gasteiger partial charge in [0.25, 0.3) is 11.4 Å². The van der Waals surface area contributed by atoms with Crippen LogP contribution >= 0.6 is 0 Å². The molecule has 2 bridgehead atoms. The largest absolute Gasteiger partial charge is 0.504 e. The average molecular weight is 528 g/mol. The standard InChI is InChI=1S/C31H33N3O5/c1-19-4-3-5-20(16-19)8-11-26(36)32(2)23-12-13-31(34(37)38)25-17-22-9-10-24(35)28-27(22)30(31,29(23)39-28)14-15-33(25)18-21-6-7-21/h3-5,9-10,16,21,23,25,29,35H,6-7,12-15,17-18H2,1-2H3/t23-,25+,29-,30-,31+/m0/s1. The predicted octanol–water partition coefficient (Wildman–Crippen LogP) is 3.43. The van der Waals surface area contributed by atoms with E-state index in [1.165, 1.54) is 12.8 Å². The Bertz CT molecular complexity index is 1460. The van der Waals surface area contributed by atoms with Gasteiger partial charge in [0.05, 0.1) is 12.1 Å². The highest BCUT2D eigenvalue weighted by Crippen LogP contribution is 2.66. The smallest absolute Gasteiger partial charge is 0.298 e. The second kappa shape index (κ2) is 8.46. The van der Waals surface area contributed by atoms with E-state index in [1.807, 2.05) is 37.3 Å². The normalized spacial score (nSPS) is 31.9. The van der Waals surface area contributed by atoms with Gasteiger partial charge in [0.1, 0.15) is 11.5 Å². The summed E-state index contributed by atoms with van der Waals surface area (Å²) in [6, 6.07) is 10.6. The van der Waals surface area contributed by atoms with Gasteiger partial charge in [0.2, 0.25) is 0 Å². The van der Waals surface area contributed by atoms with Crippen LogP contribution < -0.4 is 4.74 Å². The van der Waals surface area contributed by atoms with Gasteiger partial charge in [0, 0.05) is 42.0 Å². The van der Waals surface area contributed by atoms with Crippen LogP contribution in [0.4, 0.5) is 0 Å². The van der Waals surface area contributed by atoms with Gasteiger partial charge < -0.3 is 14.7 Å². The Morgan fingerprint density at radius 3 is 2.82 bits per heavy atom. The lowest BCUT2D eigenvalue weighted by Crippen LogP contribution is -2.80. The molecule has 2 aromatic rings. The number of nitrogens with zero attached hydrogens (tertiary/aromatic N) is 3. The number of hydrogen-bond acceptors (Lipinski definition) is 6. The third kappa shape index (κ3) is 3.32. The summed E-state index contributed by atoms with van der Waals surface area (Å²) >= 11 is 0. The Morgan fingerprint density at radius 1 is 1.26 bits per heavy atom. The number of nitro groups is 1. The molecule has 1 spiro atoms. The highest BCUT2D eigenvalue weighted by Gasteiger charge is 2.80. The molecule has 8 nitrogen and oxygen atoms in total. The van der Waals surface area contributed by atoms with Crippen LogP contribution in [0.15, 0.2) is 36.4 Å². The quantitative estimate of drug-likeness (QED) is 0.372. The average Bonchev–Trinajstić information content (AvgIpc) is 3.67. The summed E-state index contributed by atoms with van der Waals surface area (Å²) in [6.07, 6.45) is 3.71. The minimum atomic E-state index is -1.23. The molecule has 2 aliphatic heterocycles. The molecule has 0 aromatic heterocycles. The summed E-state index contributed by atoms with van der Waals surface area (Å²) in [4.78, 5) is 30.6. The third-order valence-corrected chi connectivity index (χ3v) is 10.2. The van der Waals surface area contributed by atoms with Gasteiger partial charge in [-0.15, -0.1) is 0 Å². The van der Waals surface area contributed by atoms with Crippen LogP contribution in [0.2, 0.25) is 0 Å². The van der Waals surface area contributed by atoms with Crippen LogP contribution in [0.5, 0.6) is 11.5 Å². The van der Waals surface area contributed by atoms with Crippen molar-refractivity contribution >= 4 is 5.91 Å². The number of carbonyl (C=O) groups is 1. The van der Waals surface area contributed by atoms with Crippen molar-refractivity contribution in [3.63, 3.8) is 0 Å². The Hall–Kier alpha value is -3.57. The number of aromatic hydroxyl groups is 1. The number of phenols is 1. The number of benzene rings is 2. The first-order valence-electron chi connectivity index (χ1n) is 14.0. The minimum absolute atomic E-state index is 0.0144. The molecule has 2 heterocycles. The first-order chi connectivity index (χ1) is 18.8. The zero-order valence-electron chi connectivity index (χ0n) is 22.4. The second-order valence-electron chi connectivity index (χ2n) is 12.2. The van der Waals surface area contributed by atoms with Crippen molar-refractivity contribution in [1.82, 2.24) is 9.80 Å². The molecule has 5 atom stereocenters. The predicted molar refractivity (Wildman–Crippen MR) is 144 cm³/mol. The summed E-state index contributed by atoms with van der Waals surface area (Å²) < 4.78 is 6.56. The van der Waals surface area contributed by atoms with Crippen LogP contribution in [-0.4, -0.2) is 69.6 Å². The number of likely N-dealkylation sites (N-methyl/N-ethyl adjacent to an activating group) is 1. The lowest BCUT2D eigenvalue weighted by atomic mass is 9.46. The lowest BCUT2D eigenvalue weighted by Gasteiger charge is -2.61. The number of aryl methyl sites for hydroxylation is 1. The summed E-state index contributed by atoms with van der Waals surface area (Å²) in [5.41, 5.74) is 1.53. The Morgan fingerprint density at radius 2 is 2.08 bits per heavy atom. The van der Waals surface area contributed by atoms with Crippen molar-refractivity contribution in [2.45, 2.75) is 74.6 Å². The van der Waals surface area contributed by atoms with Crippen LogP contribution in [0.25, 0.3) is 0 Å². The first-order valence-corrected chi connectivity index (χ1v) is 14.0. The highest BCUT2D eigenvalue weighted by atomic mass is 16.6. The molecule has 5 aliphatic rings. The van der Waals surface area contributed by atoms with Crippen molar-refractivity contribution in [2.24, 2.45) is 5.92 Å². The van der Waals surface area contributed by atoms with Crippen LogP contribution in [-0.2, 0) is 16.6 Å². The maximum absolute atomic E-state index is 13.4. The maximum Gasteiger partial charge on any atom is 0.298 e. The molecule has 7 rings (SSSR count). The third-order valence-electron chi connectivity index (χ3n) is 10.2. The van der Waals surface area contributed by atoms with Gasteiger partial charge in [-0.2, -0.15) is 0 Å². The van der Waals surface area contributed by atoms with E-state index in [2.05, 4.69) is 16.7 Å². The molecule has 1 amide bonds. The number of rotatable bonds is 4. The minimum Gasteiger partial charge on any atom is -0.504 e. The van der Waals surface area contributed by atoms with E-state index in [4.69, 9.17) is 4.74 Å². The molecule has 0 radical (unpaired) electrons. The Labute approximate surface area is 228 Å². The van der Waals surface area contributed by atoms with E-state index in [0.29, 0.717) is 37.4 Å². The molecular formula is C31H33N3O5. The van der Waals surface area contributed by atoms with Gasteiger partial charge in [-0.05, 0) is 80.8 Å². The zero-order chi connectivity index (χ0) is 27.1. The van der Waals surface area contributed by atoms with Gasteiger partial charge in [-0.25, -0.2) is 0 Å². The van der Waals surface area contributed by atoms with Crippen molar-refractivity contribution in [1.29, 1.82) is 0 Å². The van der Waals surface area contributed by atoms with E-state index < -0.39 is 23.1 Å². The molecule has 39 heavy (non-hydrogen) atoms. The number of piperidine rings is 1. The zero-order valence-corrected chi connectivity index (χ0v) is 22.4. The van der Waals surface area contributed by atoms with E-state index in [0.717, 1.165) is 35.3 Å². The van der Waals surface area contributed by atoms with Crippen molar-refractivity contribution < 1.29 is 19.6 Å². The fourth-order valence-electron chi connectivity index (χ4n) is 8.32. The topological polar surface area (TPSA) is 96.2 Å². The number of ether oxygens (including phenoxy) is 1. The van der Waals surface area contributed by atoms with Gasteiger partial charge >= 0.3 is 0 Å². The maximum atomic E-state index is 13.4. The molecule has 2 saturated carbocycles. The Kier molecular flexibility index (Phi) is 5.31. The Balaban J connectivity index is 1.30. The fraction of sp³-hybridized carbons (Fsp3) is 0.516. The van der Waals surface area contributed by atoms with Crippen LogP contribution in [0, 0.1) is 34.8 Å². The molecule has 0 unspecified atom stereocenters. The number of phenolic OH excluding ortho intramolecular Hbond substituents is 1. The van der Waals surface area contributed by atoms with Crippen LogP contribution in [0.3, 0.4) is 0 Å². The summed E-state index contributed by atoms with van der Waals surface area (Å²) in [5.74, 6) is 6.44. The lowest BCUT2D eigenvalue weighted by molar-refractivity contribution is -0.606. The molecule has 3 fully saturated rings. The summed E-state index contributed by atoms with van der Waals surface area (Å²) in [6.45, 7) is 3.63. The highest BCUT2D eigenvalue weighted by molar-refractivity contribution is 5.94. The van der Waals surface area contributed by atoms with Crippen molar-refractivity contribution in [3.8, 4) is 23.3 Å². The summed E-state index contributed by atoms with van der Waals surface area (Å²) in [5, 5.41) is 24.2. The van der Waals surface area contributed by atoms with Gasteiger partial charge in [-0.3, -0.25) is 19.8 Å². The number of amides is 1. The van der Waals surface area contributed by atoms with E-state index in [-0.39, 0.29) is 22.6 Å². The monoisotopic (exact) mass is 527 g/mol. The van der Waals surface area contributed by atoms with Gasteiger partial charge in [0.15, 0.2) is 11.5 Å². The molecule has 2 aromatic carbocycles. The number of carbonyl (C=O) groups excluding carboxylic acids is 1. The molecule has 3 aliphatic carbocycles. The van der Waals surface area contributed by atoms with Crippen LogP contribution in [0.1, 0.15) is 54.4 Å². The number of hydrogen-bond donors (Lipinski definition) is 1. The van der Waals surface area contributed by atoms with Gasteiger partial charge in [-0.1, -0.05) is 24.1 Å². The second-order valence-corrected chi connectivity index (χ2v) is 12.2. The molecule has 8 heteroatoms. The molecule has 202 valence electrons. The van der Waals surface area contributed by atoms with Crippen molar-refractivity contribution in [3.05, 3.63) is 68.8 Å².